The van der Waals surface area contributed by atoms with E-state index in [0.717, 1.165) is 28.1 Å². The third-order valence-corrected chi connectivity index (χ3v) is 5.96. The quantitative estimate of drug-likeness (QED) is 0.826. The molecule has 2 aliphatic rings. The minimum atomic E-state index is -0.861. The van der Waals surface area contributed by atoms with Gasteiger partial charge in [0.1, 0.15) is 5.75 Å². The Morgan fingerprint density at radius 2 is 2.07 bits per heavy atom. The number of nitrogens with zero attached hydrogens (tertiary/aromatic N) is 1. The second-order valence-corrected chi connectivity index (χ2v) is 7.74. The van der Waals surface area contributed by atoms with Crippen LogP contribution in [0.25, 0.3) is 0 Å². The molecule has 3 N–H and O–H groups in total. The van der Waals surface area contributed by atoms with Crippen LogP contribution in [0.4, 0.5) is 14.5 Å². The third-order valence-electron chi connectivity index (χ3n) is 5.96. The molecule has 4 rings (SSSR count). The van der Waals surface area contributed by atoms with Gasteiger partial charge in [-0.2, -0.15) is 0 Å². The Labute approximate surface area is 168 Å². The van der Waals surface area contributed by atoms with E-state index in [-0.39, 0.29) is 18.2 Å². The van der Waals surface area contributed by atoms with Crippen molar-refractivity contribution < 1.29 is 18.3 Å². The molecule has 2 aromatic rings. The summed E-state index contributed by atoms with van der Waals surface area (Å²) in [4.78, 5) is 14.7. The first-order valence-electron chi connectivity index (χ1n) is 9.88. The summed E-state index contributed by atoms with van der Waals surface area (Å²) in [5.74, 6) is -1.09. The second-order valence-electron chi connectivity index (χ2n) is 7.74. The second kappa shape index (κ2) is 7.99. The average molecular weight is 401 g/mol. The van der Waals surface area contributed by atoms with E-state index >= 15 is 0 Å². The number of hydrogen-bond donors (Lipinski definition) is 2. The van der Waals surface area contributed by atoms with Gasteiger partial charge in [0.15, 0.2) is 11.6 Å². The molecule has 154 valence electrons. The molecule has 2 atom stereocenters. The van der Waals surface area contributed by atoms with Gasteiger partial charge in [-0.1, -0.05) is 6.07 Å². The van der Waals surface area contributed by atoms with Gasteiger partial charge in [0, 0.05) is 49.8 Å². The highest BCUT2D eigenvalue weighted by Gasteiger charge is 2.31. The molecule has 0 saturated carbocycles. The van der Waals surface area contributed by atoms with Gasteiger partial charge in [0.25, 0.3) is 0 Å². The molecule has 7 heteroatoms. The van der Waals surface area contributed by atoms with Crippen molar-refractivity contribution in [2.75, 3.05) is 25.5 Å². The number of benzene rings is 2. The van der Waals surface area contributed by atoms with E-state index in [4.69, 9.17) is 10.5 Å². The van der Waals surface area contributed by atoms with Crippen molar-refractivity contribution in [3.05, 3.63) is 58.7 Å². The molecular weight excluding hydrogens is 376 g/mol. The van der Waals surface area contributed by atoms with E-state index in [1.54, 1.807) is 12.0 Å². The highest BCUT2D eigenvalue weighted by Crippen LogP contribution is 2.37. The number of methoxy groups -OCH3 is 1. The van der Waals surface area contributed by atoms with Gasteiger partial charge in [0.05, 0.1) is 7.11 Å². The van der Waals surface area contributed by atoms with Crippen LogP contribution in [0.2, 0.25) is 0 Å². The van der Waals surface area contributed by atoms with Gasteiger partial charge in [-0.25, -0.2) is 8.78 Å². The van der Waals surface area contributed by atoms with Crippen LogP contribution in [0.1, 0.15) is 35.4 Å². The number of hydrogen-bond acceptors (Lipinski definition) is 4. The molecule has 0 bridgehead atoms. The largest absolute Gasteiger partial charge is 0.497 e. The smallest absolute Gasteiger partial charge is 0.224 e. The molecule has 1 aliphatic carbocycles. The number of amides is 1. The lowest BCUT2D eigenvalue weighted by Crippen LogP contribution is -2.38. The monoisotopic (exact) mass is 401 g/mol. The van der Waals surface area contributed by atoms with Crippen molar-refractivity contribution in [3.63, 3.8) is 0 Å². The zero-order valence-corrected chi connectivity index (χ0v) is 16.4. The summed E-state index contributed by atoms with van der Waals surface area (Å²) < 4.78 is 32.4. The zero-order chi connectivity index (χ0) is 20.5. The van der Waals surface area contributed by atoms with Crippen LogP contribution in [0, 0.1) is 11.6 Å². The summed E-state index contributed by atoms with van der Waals surface area (Å²) in [7, 11) is 1.62. The van der Waals surface area contributed by atoms with Crippen molar-refractivity contribution in [1.29, 1.82) is 0 Å². The first-order valence-corrected chi connectivity index (χ1v) is 9.88. The van der Waals surface area contributed by atoms with Gasteiger partial charge >= 0.3 is 0 Å². The zero-order valence-electron chi connectivity index (χ0n) is 16.4. The third kappa shape index (κ3) is 3.92. The van der Waals surface area contributed by atoms with Crippen LogP contribution in [-0.4, -0.2) is 37.0 Å². The normalized spacial score (nSPS) is 19.0. The minimum Gasteiger partial charge on any atom is -0.497 e. The Kier molecular flexibility index (Phi) is 5.41. The molecule has 1 heterocycles. The van der Waals surface area contributed by atoms with E-state index in [0.29, 0.717) is 32.5 Å². The van der Waals surface area contributed by atoms with E-state index < -0.39 is 17.7 Å². The molecule has 0 unspecified atom stereocenters. The number of carbonyl (C=O) groups excluding carboxylic acids is 1. The van der Waals surface area contributed by atoms with Crippen LogP contribution in [0.3, 0.4) is 0 Å². The maximum atomic E-state index is 13.7. The fourth-order valence-corrected chi connectivity index (χ4v) is 4.36. The molecule has 0 saturated heterocycles. The average Bonchev–Trinajstić information content (AvgIpc) is 2.98. The lowest BCUT2D eigenvalue weighted by Gasteiger charge is -2.25. The molecule has 0 fully saturated rings. The fourth-order valence-electron chi connectivity index (χ4n) is 4.36. The number of carbonyl (C=O) groups is 1. The SMILES string of the molecule is COc1ccc2c(c1)NCCN(C(=O)C[C@H](N)[C@H]1CCc3cc(F)c(F)cc31)C2. The Bertz CT molecular complexity index is 935. The fraction of sp³-hybridized carbons (Fsp3) is 0.409. The number of aryl methyl sites for hydroxylation is 1. The Hall–Kier alpha value is -2.67. The lowest BCUT2D eigenvalue weighted by molar-refractivity contribution is -0.132. The van der Waals surface area contributed by atoms with Gasteiger partial charge < -0.3 is 20.7 Å². The van der Waals surface area contributed by atoms with E-state index in [1.807, 2.05) is 18.2 Å². The number of rotatable bonds is 4. The summed E-state index contributed by atoms with van der Waals surface area (Å²) in [5, 5.41) is 3.34. The molecular formula is C22H25F2N3O2. The van der Waals surface area contributed by atoms with Gasteiger partial charge in [-0.3, -0.25) is 4.79 Å². The first-order chi connectivity index (χ1) is 14.0. The molecule has 5 nitrogen and oxygen atoms in total. The van der Waals surface area contributed by atoms with Crippen molar-refractivity contribution >= 4 is 11.6 Å². The van der Waals surface area contributed by atoms with E-state index in [2.05, 4.69) is 5.32 Å². The maximum absolute atomic E-state index is 13.7. The van der Waals surface area contributed by atoms with E-state index in [1.165, 1.54) is 12.1 Å². The lowest BCUT2D eigenvalue weighted by atomic mass is 9.91. The molecule has 2 aromatic carbocycles. The number of nitrogens with one attached hydrogen (secondary N) is 1. The summed E-state index contributed by atoms with van der Waals surface area (Å²) in [5.41, 5.74) is 9.88. The van der Waals surface area contributed by atoms with Crippen molar-refractivity contribution in [3.8, 4) is 5.75 Å². The summed E-state index contributed by atoms with van der Waals surface area (Å²) in [6.45, 7) is 1.71. The van der Waals surface area contributed by atoms with Crippen molar-refractivity contribution in [2.24, 2.45) is 5.73 Å². The first kappa shape index (κ1) is 19.6. The molecule has 0 spiro atoms. The number of ether oxygens (including phenoxy) is 1. The topological polar surface area (TPSA) is 67.6 Å². The summed E-state index contributed by atoms with van der Waals surface area (Å²) >= 11 is 0. The molecule has 0 radical (unpaired) electrons. The van der Waals surface area contributed by atoms with Crippen LogP contribution in [0.15, 0.2) is 30.3 Å². The van der Waals surface area contributed by atoms with Gasteiger partial charge in [0.2, 0.25) is 5.91 Å². The van der Waals surface area contributed by atoms with Crippen LogP contribution < -0.4 is 15.8 Å². The molecule has 1 aliphatic heterocycles. The number of halogens is 2. The molecule has 0 aromatic heterocycles. The number of anilines is 1. The standard InChI is InChI=1S/C22H25F2N3O2/c1-29-15-4-2-14-12-27(7-6-26-21(14)9-15)22(28)11-20(25)16-5-3-13-8-18(23)19(24)10-17(13)16/h2,4,8-10,16,20,26H,3,5-7,11-12,25H2,1H3/t16-,20-/m0/s1. The van der Waals surface area contributed by atoms with Gasteiger partial charge in [-0.15, -0.1) is 0 Å². The van der Waals surface area contributed by atoms with E-state index in [9.17, 15) is 13.6 Å². The highest BCUT2D eigenvalue weighted by atomic mass is 19.2. The van der Waals surface area contributed by atoms with Crippen molar-refractivity contribution in [1.82, 2.24) is 4.90 Å². The van der Waals surface area contributed by atoms with Gasteiger partial charge in [-0.05, 0) is 47.7 Å². The number of fused-ring (bicyclic) bond motifs is 2. The minimum absolute atomic E-state index is 0.0287. The Balaban J connectivity index is 1.45. The highest BCUT2D eigenvalue weighted by molar-refractivity contribution is 5.77. The Morgan fingerprint density at radius 1 is 1.28 bits per heavy atom. The van der Waals surface area contributed by atoms with Crippen LogP contribution in [-0.2, 0) is 17.8 Å². The summed E-state index contributed by atoms with van der Waals surface area (Å²) in [6, 6.07) is 7.83. The molecule has 29 heavy (non-hydrogen) atoms. The van der Waals surface area contributed by atoms with Crippen LogP contribution in [0.5, 0.6) is 5.75 Å². The Morgan fingerprint density at radius 3 is 2.86 bits per heavy atom. The number of nitrogens with two attached hydrogens (primary N) is 1. The molecule has 1 amide bonds. The van der Waals surface area contributed by atoms with Crippen molar-refractivity contribution in [2.45, 2.75) is 37.8 Å². The predicted octanol–water partition coefficient (Wildman–Crippen LogP) is 3.17. The predicted molar refractivity (Wildman–Crippen MR) is 107 cm³/mol. The maximum Gasteiger partial charge on any atom is 0.224 e. The van der Waals surface area contributed by atoms with Crippen LogP contribution >= 0.6 is 0 Å². The summed E-state index contributed by atoms with van der Waals surface area (Å²) in [6.07, 6.45) is 1.54.